The summed E-state index contributed by atoms with van der Waals surface area (Å²) < 4.78 is 12.7. The number of hydrogen-bond acceptors (Lipinski definition) is 10. The third-order valence-corrected chi connectivity index (χ3v) is 13.6. The second-order valence-electron chi connectivity index (χ2n) is 17.6. The number of hydrogen-bond donors (Lipinski definition) is 8. The minimum absolute atomic E-state index is 0.0279. The van der Waals surface area contributed by atoms with E-state index in [1.54, 1.807) is 12.1 Å². The zero-order valence-electron chi connectivity index (χ0n) is 40.5. The van der Waals surface area contributed by atoms with Crippen LogP contribution in [0.1, 0.15) is 87.9 Å². The van der Waals surface area contributed by atoms with Gasteiger partial charge in [-0.05, 0) is 111 Å². The lowest BCUT2D eigenvalue weighted by Gasteiger charge is -2.21. The number of amides is 2. The van der Waals surface area contributed by atoms with Gasteiger partial charge >= 0.3 is 17.9 Å². The van der Waals surface area contributed by atoms with Crippen molar-refractivity contribution in [3.05, 3.63) is 179 Å². The van der Waals surface area contributed by atoms with Crippen molar-refractivity contribution in [2.24, 2.45) is 0 Å². The summed E-state index contributed by atoms with van der Waals surface area (Å²) in [5.74, 6) is -5.21. The number of rotatable bonds is 14. The Morgan fingerprint density at radius 1 is 0.627 bits per heavy atom. The fourth-order valence-corrected chi connectivity index (χ4v) is 9.92. The van der Waals surface area contributed by atoms with Crippen LogP contribution in [-0.4, -0.2) is 63.2 Å². The van der Waals surface area contributed by atoms with Gasteiger partial charge in [0.2, 0.25) is 5.36 Å². The highest BCUT2D eigenvalue weighted by Gasteiger charge is 2.31. The normalized spacial score (nSPS) is 11.6. The molecule has 0 fully saturated rings. The summed E-state index contributed by atoms with van der Waals surface area (Å²) in [5.41, 5.74) is 4.25. The highest BCUT2D eigenvalue weighted by Crippen LogP contribution is 2.48. The van der Waals surface area contributed by atoms with E-state index >= 15 is 0 Å². The summed E-state index contributed by atoms with van der Waals surface area (Å²) in [4.78, 5) is 80.8. The molecule has 2 heterocycles. The van der Waals surface area contributed by atoms with Crippen LogP contribution in [0.25, 0.3) is 66.8 Å². The van der Waals surface area contributed by atoms with E-state index in [4.69, 9.17) is 32.0 Å². The monoisotopic (exact) mass is 1050 g/mol. The van der Waals surface area contributed by atoms with Crippen LogP contribution in [0.4, 0.5) is 5.69 Å². The molecule has 0 bridgehead atoms. The summed E-state index contributed by atoms with van der Waals surface area (Å²) >= 11 is 14.0. The predicted molar refractivity (Wildman–Crippen MR) is 282 cm³/mol. The Balaban J connectivity index is 0.982. The van der Waals surface area contributed by atoms with Gasteiger partial charge in [0.15, 0.2) is 5.43 Å². The summed E-state index contributed by atoms with van der Waals surface area (Å²) in [6.45, 7) is 8.74. The molecule has 0 radical (unpaired) electrons. The topological polar surface area (TPSA) is 260 Å². The fourth-order valence-electron chi connectivity index (χ4n) is 9.30. The first-order valence-electron chi connectivity index (χ1n) is 23.4. The number of anilines is 1. The van der Waals surface area contributed by atoms with Crippen molar-refractivity contribution in [1.29, 1.82) is 0 Å². The quantitative estimate of drug-likeness (QED) is 0.0473. The van der Waals surface area contributed by atoms with Gasteiger partial charge in [-0.2, -0.15) is 0 Å². The number of carbonyl (C=O) groups excluding carboxylic acids is 2. The lowest BCUT2D eigenvalue weighted by molar-refractivity contribution is -0.496. The van der Waals surface area contributed by atoms with E-state index in [0.717, 1.165) is 28.2 Å². The van der Waals surface area contributed by atoms with E-state index in [1.165, 1.54) is 60.7 Å². The number of phenolic OH excluding ortho intramolecular Hbond substituents is 1. The van der Waals surface area contributed by atoms with Gasteiger partial charge in [-0.1, -0.05) is 41.4 Å². The number of aromatic hydroxyl groups is 1. The van der Waals surface area contributed by atoms with Gasteiger partial charge < -0.3 is 45.2 Å². The average Bonchev–Trinajstić information content (AvgIpc) is 3.38. The smallest absolute Gasteiger partial charge is 0.337 e. The highest BCUT2D eigenvalue weighted by atomic mass is 35.5. The highest BCUT2D eigenvalue weighted by molar-refractivity contribution is 6.41. The molecule has 0 saturated carbocycles. The van der Waals surface area contributed by atoms with Gasteiger partial charge in [0.1, 0.15) is 35.0 Å². The second kappa shape index (κ2) is 20.5. The van der Waals surface area contributed by atoms with Gasteiger partial charge in [-0.25, -0.2) is 19.4 Å². The second-order valence-corrected chi connectivity index (χ2v) is 18.4. The molecule has 9 rings (SSSR count). The van der Waals surface area contributed by atoms with Crippen molar-refractivity contribution in [2.75, 3.05) is 18.4 Å². The third-order valence-electron chi connectivity index (χ3n) is 12.9. The minimum Gasteiger partial charge on any atom is -0.507 e. The average molecular weight is 1050 g/mol. The van der Waals surface area contributed by atoms with Crippen LogP contribution >= 0.6 is 23.2 Å². The Morgan fingerprint density at radius 2 is 1.33 bits per heavy atom. The van der Waals surface area contributed by atoms with E-state index in [1.807, 2.05) is 52.0 Å². The Bertz CT molecular complexity index is 3960. The molecule has 2 aliphatic carbocycles. The molecule has 2 aliphatic heterocycles. The Morgan fingerprint density at radius 3 is 2.03 bits per heavy atom. The molecule has 4 aliphatic rings. The maximum absolute atomic E-state index is 13.9. The van der Waals surface area contributed by atoms with E-state index < -0.39 is 35.2 Å². The molecule has 0 saturated heterocycles. The molecular weight excluding hydrogens is 1000 g/mol. The molecule has 0 unspecified atom stereocenters. The van der Waals surface area contributed by atoms with Crippen LogP contribution in [0, 0.1) is 13.8 Å². The van der Waals surface area contributed by atoms with Gasteiger partial charge in [-0.3, -0.25) is 14.4 Å². The van der Waals surface area contributed by atoms with Gasteiger partial charge in [0, 0.05) is 80.6 Å². The number of carbonyl (C=O) groups is 5. The fraction of sp³-hybridized carbons (Fsp3) is 0.140. The third kappa shape index (κ3) is 9.60. The van der Waals surface area contributed by atoms with E-state index in [0.29, 0.717) is 57.5 Å². The Hall–Kier alpha value is -8.99. The van der Waals surface area contributed by atoms with Crippen LogP contribution in [0.3, 0.4) is 0 Å². The zero-order chi connectivity index (χ0) is 53.6. The molecule has 2 amide bonds. The number of aryl methyl sites for hydroxylation is 2. The first kappa shape index (κ1) is 50.9. The van der Waals surface area contributed by atoms with Crippen molar-refractivity contribution in [1.82, 2.24) is 10.6 Å². The number of benzene rings is 7. The summed E-state index contributed by atoms with van der Waals surface area (Å²) in [5, 5.41) is 51.9. The lowest BCUT2D eigenvalue weighted by atomic mass is 9.88. The van der Waals surface area contributed by atoms with Gasteiger partial charge in [-0.15, -0.1) is 0 Å². The first-order chi connectivity index (χ1) is 35.9. The number of aromatic carboxylic acids is 3. The molecule has 18 heteroatoms. The molecule has 5 aromatic carbocycles. The molecule has 0 aromatic heterocycles. The number of phenols is 1. The first-order valence-corrected chi connectivity index (χ1v) is 24.2. The number of carboxylic acid groups (broad SMARTS) is 3. The number of nitrogens with one attached hydrogen (secondary N) is 4. The van der Waals surface area contributed by atoms with E-state index in [2.05, 4.69) is 20.9 Å². The van der Waals surface area contributed by atoms with Crippen molar-refractivity contribution >= 4 is 80.6 Å². The van der Waals surface area contributed by atoms with Gasteiger partial charge in [0.25, 0.3) is 11.8 Å². The molecule has 75 heavy (non-hydrogen) atoms. The van der Waals surface area contributed by atoms with Crippen LogP contribution < -0.4 is 31.7 Å². The van der Waals surface area contributed by atoms with Crippen molar-refractivity contribution in [3.63, 3.8) is 0 Å². The zero-order valence-corrected chi connectivity index (χ0v) is 42.0. The molecule has 8 N–H and O–H groups in total. The molecule has 378 valence electrons. The molecule has 0 spiro atoms. The Labute approximate surface area is 436 Å². The van der Waals surface area contributed by atoms with Crippen LogP contribution in [-0.2, 0) is 13.1 Å². The minimum atomic E-state index is -1.41. The van der Waals surface area contributed by atoms with E-state index in [-0.39, 0.29) is 90.3 Å². The number of carboxylic acids is 3. The Kier molecular flexibility index (Phi) is 13.9. The summed E-state index contributed by atoms with van der Waals surface area (Å²) in [7, 11) is 0. The largest absolute Gasteiger partial charge is 0.507 e. The predicted octanol–water partition coefficient (Wildman–Crippen LogP) is 9.10. The standard InChI is InChI=1S/C57H44Cl2N4O12/c1-5-60-41-22-45-36(17-26(41)3)48(37-18-27(4)42(61-6-2)23-46(37)74-45)49-40(58)21-38(51(59)50(49)57(72)73)54(67)62-24-28-7-9-29(10-8-28)53(66)63-25-39-43(65)16-15-34-47(33-14-12-31(64)20-44(33)75-52(34)39)32-13-11-30(55(68)69)19-35(32)56(70)71/h7-23,60,65H,5-6,24-25H2,1-4H3,(H,62,67)(H,63,66)(H,68,69)(H,70,71)(H,72,73)/p+1. The molecular formula is C57H45Cl2N4O12+. The molecule has 5 aromatic rings. The molecule has 0 atom stereocenters. The van der Waals surface area contributed by atoms with Crippen LogP contribution in [0.15, 0.2) is 117 Å². The SMILES string of the molecule is CCNc1cc2oc3cc(=[NH+]CC)c(C)cc-3c(-c3c(Cl)cc(C(=O)NCc4ccc(C(=O)NCc5c(O)ccc6c(-c7ccc(C(=O)O)cc7C(=O)O)c7ccc(=O)cc-7oc56)cc4)c(Cl)c3C(=O)O)c2cc1C. The summed E-state index contributed by atoms with van der Waals surface area (Å²) in [6, 6.07) is 25.4. The van der Waals surface area contributed by atoms with E-state index in [9.17, 15) is 49.2 Å². The number of fused-ring (bicyclic) bond motifs is 4. The maximum Gasteiger partial charge on any atom is 0.337 e. The maximum atomic E-state index is 13.9. The van der Waals surface area contributed by atoms with Crippen LogP contribution in [0.2, 0.25) is 10.0 Å². The molecule has 16 nitrogen and oxygen atoms in total. The summed E-state index contributed by atoms with van der Waals surface area (Å²) in [6.07, 6.45) is 0. The van der Waals surface area contributed by atoms with Gasteiger partial charge in [0.05, 0.1) is 50.5 Å². The van der Waals surface area contributed by atoms with Crippen LogP contribution in [0.5, 0.6) is 5.75 Å². The van der Waals surface area contributed by atoms with Crippen molar-refractivity contribution in [3.8, 4) is 50.7 Å². The van der Waals surface area contributed by atoms with Crippen molar-refractivity contribution in [2.45, 2.75) is 40.8 Å². The van der Waals surface area contributed by atoms with Crippen molar-refractivity contribution < 1.29 is 58.2 Å². The number of halogens is 2. The lowest BCUT2D eigenvalue weighted by Crippen LogP contribution is -2.76.